The van der Waals surface area contributed by atoms with Gasteiger partial charge in [0.2, 0.25) is 5.91 Å². The minimum Gasteiger partial charge on any atom is -0.493 e. The van der Waals surface area contributed by atoms with Crippen LogP contribution in [-0.4, -0.2) is 35.9 Å². The van der Waals surface area contributed by atoms with Gasteiger partial charge in [-0.15, -0.1) is 0 Å². The molecule has 0 saturated heterocycles. The molecule has 1 saturated carbocycles. The molecule has 0 bridgehead atoms. The number of carbonyl (C=O) groups excluding carboxylic acids is 2. The first kappa shape index (κ1) is 18.9. The molecule has 2 aromatic carbocycles. The number of halogens is 1. The van der Waals surface area contributed by atoms with Gasteiger partial charge in [-0.3, -0.25) is 9.59 Å². The number of carbonyl (C=O) groups is 2. The first-order chi connectivity index (χ1) is 13.1. The van der Waals surface area contributed by atoms with E-state index in [-0.39, 0.29) is 30.2 Å². The molecule has 1 N–H and O–H groups in total. The van der Waals surface area contributed by atoms with Crippen LogP contribution in [0.1, 0.15) is 35.7 Å². The Labute approximate surface area is 158 Å². The molecule has 27 heavy (non-hydrogen) atoms. The number of nitrogens with zero attached hydrogens (tertiary/aromatic N) is 1. The van der Waals surface area contributed by atoms with Crippen LogP contribution in [0.5, 0.6) is 5.75 Å². The molecule has 5 nitrogen and oxygen atoms in total. The fraction of sp³-hybridized carbons (Fsp3) is 0.333. The van der Waals surface area contributed by atoms with Crippen LogP contribution < -0.4 is 10.1 Å². The number of ether oxygens (including phenoxy) is 1. The Hall–Kier alpha value is -2.89. The van der Waals surface area contributed by atoms with E-state index in [1.54, 1.807) is 41.3 Å². The maximum atomic E-state index is 13.4. The van der Waals surface area contributed by atoms with Crippen LogP contribution in [0.25, 0.3) is 0 Å². The highest BCUT2D eigenvalue weighted by atomic mass is 19.1. The number of amides is 2. The number of nitrogens with one attached hydrogen (secondary N) is 1. The lowest BCUT2D eigenvalue weighted by atomic mass is 10.2. The summed E-state index contributed by atoms with van der Waals surface area (Å²) in [5, 5.41) is 2.67. The molecule has 0 spiro atoms. The Morgan fingerprint density at radius 3 is 2.67 bits per heavy atom. The Morgan fingerprint density at radius 1 is 1.19 bits per heavy atom. The highest BCUT2D eigenvalue weighted by molar-refractivity contribution is 5.98. The van der Waals surface area contributed by atoms with Crippen molar-refractivity contribution in [2.75, 3.05) is 13.2 Å². The lowest BCUT2D eigenvalue weighted by Gasteiger charge is -2.23. The van der Waals surface area contributed by atoms with E-state index in [0.717, 1.165) is 18.4 Å². The van der Waals surface area contributed by atoms with Crippen molar-refractivity contribution in [1.82, 2.24) is 10.2 Å². The van der Waals surface area contributed by atoms with Crippen molar-refractivity contribution in [3.05, 3.63) is 65.5 Å². The molecule has 0 heterocycles. The smallest absolute Gasteiger partial charge is 0.255 e. The average molecular weight is 370 g/mol. The van der Waals surface area contributed by atoms with Crippen molar-refractivity contribution in [2.24, 2.45) is 0 Å². The van der Waals surface area contributed by atoms with Gasteiger partial charge >= 0.3 is 0 Å². The van der Waals surface area contributed by atoms with E-state index in [4.69, 9.17) is 4.74 Å². The summed E-state index contributed by atoms with van der Waals surface area (Å²) in [6, 6.07) is 13.3. The van der Waals surface area contributed by atoms with Gasteiger partial charge in [0.25, 0.3) is 5.91 Å². The third kappa shape index (κ3) is 5.06. The summed E-state index contributed by atoms with van der Waals surface area (Å²) in [5.74, 6) is -0.363. The minimum atomic E-state index is -0.353. The van der Waals surface area contributed by atoms with E-state index < -0.39 is 0 Å². The predicted octanol–water partition coefficient (Wildman–Crippen LogP) is 3.15. The van der Waals surface area contributed by atoms with Crippen LogP contribution in [0.15, 0.2) is 48.5 Å². The summed E-state index contributed by atoms with van der Waals surface area (Å²) < 4.78 is 18.9. The molecule has 1 aliphatic carbocycles. The zero-order valence-electron chi connectivity index (χ0n) is 15.3. The van der Waals surface area contributed by atoms with E-state index in [1.165, 1.54) is 12.1 Å². The van der Waals surface area contributed by atoms with Gasteiger partial charge in [0.1, 0.15) is 11.6 Å². The van der Waals surface area contributed by atoms with Crippen molar-refractivity contribution in [3.8, 4) is 5.75 Å². The second-order valence-corrected chi connectivity index (χ2v) is 6.49. The molecular formula is C21H23FN2O3. The normalized spacial score (nSPS) is 13.1. The van der Waals surface area contributed by atoms with Crippen molar-refractivity contribution in [3.63, 3.8) is 0 Å². The number of para-hydroxylation sites is 1. The van der Waals surface area contributed by atoms with Crippen molar-refractivity contribution >= 4 is 11.8 Å². The molecule has 142 valence electrons. The third-order valence-corrected chi connectivity index (χ3v) is 4.38. The van der Waals surface area contributed by atoms with E-state index in [9.17, 15) is 14.0 Å². The summed E-state index contributed by atoms with van der Waals surface area (Å²) in [6.45, 7) is 2.53. The summed E-state index contributed by atoms with van der Waals surface area (Å²) in [6.07, 6.45) is 1.87. The summed E-state index contributed by atoms with van der Waals surface area (Å²) in [5.41, 5.74) is 1.14. The molecule has 0 aromatic heterocycles. The molecule has 1 fully saturated rings. The lowest BCUT2D eigenvalue weighted by Crippen LogP contribution is -2.41. The fourth-order valence-corrected chi connectivity index (χ4v) is 2.93. The second kappa shape index (κ2) is 8.66. The van der Waals surface area contributed by atoms with E-state index in [1.807, 2.05) is 6.92 Å². The zero-order valence-corrected chi connectivity index (χ0v) is 15.3. The first-order valence-corrected chi connectivity index (χ1v) is 9.12. The van der Waals surface area contributed by atoms with Crippen LogP contribution >= 0.6 is 0 Å². The van der Waals surface area contributed by atoms with E-state index >= 15 is 0 Å². The van der Waals surface area contributed by atoms with Gasteiger partial charge in [0.05, 0.1) is 18.7 Å². The number of benzene rings is 2. The molecule has 2 aromatic rings. The second-order valence-electron chi connectivity index (χ2n) is 6.49. The van der Waals surface area contributed by atoms with Crippen LogP contribution in [0, 0.1) is 5.82 Å². The van der Waals surface area contributed by atoms with Crippen LogP contribution in [-0.2, 0) is 11.3 Å². The van der Waals surface area contributed by atoms with Gasteiger partial charge in [-0.05, 0) is 49.6 Å². The maximum Gasteiger partial charge on any atom is 0.255 e. The van der Waals surface area contributed by atoms with Crippen molar-refractivity contribution < 1.29 is 18.7 Å². The largest absolute Gasteiger partial charge is 0.493 e. The Bertz CT molecular complexity index is 821. The van der Waals surface area contributed by atoms with Crippen molar-refractivity contribution in [1.29, 1.82) is 0 Å². The Kier molecular flexibility index (Phi) is 6.06. The highest BCUT2D eigenvalue weighted by Gasteiger charge is 2.32. The van der Waals surface area contributed by atoms with E-state index in [2.05, 4.69) is 5.32 Å². The summed E-state index contributed by atoms with van der Waals surface area (Å²) in [7, 11) is 0. The fourth-order valence-electron chi connectivity index (χ4n) is 2.93. The highest BCUT2D eigenvalue weighted by Crippen LogP contribution is 2.28. The molecule has 0 radical (unpaired) electrons. The Morgan fingerprint density at radius 2 is 1.96 bits per heavy atom. The van der Waals surface area contributed by atoms with Gasteiger partial charge in [0, 0.05) is 12.6 Å². The molecule has 3 rings (SSSR count). The van der Waals surface area contributed by atoms with Crippen LogP contribution in [0.2, 0.25) is 0 Å². The number of hydrogen-bond donors (Lipinski definition) is 1. The molecule has 2 amide bonds. The quantitative estimate of drug-likeness (QED) is 0.777. The van der Waals surface area contributed by atoms with Crippen molar-refractivity contribution in [2.45, 2.75) is 32.4 Å². The predicted molar refractivity (Wildman–Crippen MR) is 99.9 cm³/mol. The SMILES string of the molecule is CCOc1ccccc1C(=O)NCC(=O)N(Cc1cccc(F)c1)C1CC1. The van der Waals surface area contributed by atoms with Gasteiger partial charge in [-0.2, -0.15) is 0 Å². The molecule has 0 aliphatic heterocycles. The zero-order chi connectivity index (χ0) is 19.2. The molecule has 0 atom stereocenters. The Balaban J connectivity index is 1.62. The molecule has 6 heteroatoms. The van der Waals surface area contributed by atoms with Crippen LogP contribution in [0.3, 0.4) is 0 Å². The topological polar surface area (TPSA) is 58.6 Å². The van der Waals surface area contributed by atoms with Crippen LogP contribution in [0.4, 0.5) is 4.39 Å². The minimum absolute atomic E-state index is 0.106. The van der Waals surface area contributed by atoms with E-state index in [0.29, 0.717) is 24.5 Å². The lowest BCUT2D eigenvalue weighted by molar-refractivity contribution is -0.131. The summed E-state index contributed by atoms with van der Waals surface area (Å²) in [4.78, 5) is 26.8. The first-order valence-electron chi connectivity index (χ1n) is 9.12. The standard InChI is InChI=1S/C21H23FN2O3/c1-2-27-19-9-4-3-8-18(19)21(26)23-13-20(25)24(17-10-11-17)14-15-6-5-7-16(22)12-15/h3-9,12,17H,2,10-11,13-14H2,1H3,(H,23,26). The van der Waals surface area contributed by atoms with Gasteiger partial charge in [-0.1, -0.05) is 24.3 Å². The maximum absolute atomic E-state index is 13.4. The average Bonchev–Trinajstić information content (AvgIpc) is 3.50. The van der Waals surface area contributed by atoms with Gasteiger partial charge in [-0.25, -0.2) is 4.39 Å². The number of hydrogen-bond acceptors (Lipinski definition) is 3. The molecule has 1 aliphatic rings. The monoisotopic (exact) mass is 370 g/mol. The molecule has 0 unspecified atom stereocenters. The van der Waals surface area contributed by atoms with Gasteiger partial charge in [0.15, 0.2) is 0 Å². The van der Waals surface area contributed by atoms with Gasteiger partial charge < -0.3 is 15.0 Å². The third-order valence-electron chi connectivity index (χ3n) is 4.38. The number of rotatable bonds is 8. The summed E-state index contributed by atoms with van der Waals surface area (Å²) >= 11 is 0. The molecular weight excluding hydrogens is 347 g/mol.